The Morgan fingerprint density at radius 1 is 0.689 bits per heavy atom. The molecule has 218 valence electrons. The van der Waals surface area contributed by atoms with Crippen LogP contribution >= 0.6 is 0 Å². The summed E-state index contributed by atoms with van der Waals surface area (Å²) in [6.07, 6.45) is 3.71. The quantitative estimate of drug-likeness (QED) is 0.143. The second-order valence-electron chi connectivity index (χ2n) is 12.5. The van der Waals surface area contributed by atoms with Gasteiger partial charge >= 0.3 is 21.1 Å². The van der Waals surface area contributed by atoms with Gasteiger partial charge in [-0.15, -0.1) is 40.8 Å². The van der Waals surface area contributed by atoms with Gasteiger partial charge in [-0.1, -0.05) is 68.1 Å². The van der Waals surface area contributed by atoms with E-state index in [4.69, 9.17) is 19.4 Å². The summed E-state index contributed by atoms with van der Waals surface area (Å²) in [6.45, 7) is 6.47. The molecule has 0 radical (unpaired) electrons. The van der Waals surface area contributed by atoms with Crippen LogP contribution in [0.3, 0.4) is 0 Å². The van der Waals surface area contributed by atoms with Gasteiger partial charge in [0.2, 0.25) is 6.71 Å². The van der Waals surface area contributed by atoms with Gasteiger partial charge in [-0.05, 0) is 58.5 Å². The number of ether oxygens (including phenoxy) is 2. The molecular formula is C38H26BN3O2Pt. The van der Waals surface area contributed by atoms with Crippen LogP contribution in [0.2, 0.25) is 0 Å². The zero-order valence-electron chi connectivity index (χ0n) is 24.9. The fraction of sp³-hybridized carbons (Fsp3) is 0.105. The molecule has 0 saturated heterocycles. The Labute approximate surface area is 276 Å². The zero-order chi connectivity index (χ0) is 29.6. The molecule has 0 saturated carbocycles. The van der Waals surface area contributed by atoms with E-state index in [1.807, 2.05) is 54.9 Å². The van der Waals surface area contributed by atoms with E-state index in [0.717, 1.165) is 78.3 Å². The van der Waals surface area contributed by atoms with Crippen LogP contribution in [0.5, 0.6) is 23.0 Å². The summed E-state index contributed by atoms with van der Waals surface area (Å²) in [4.78, 5) is 9.46. The summed E-state index contributed by atoms with van der Waals surface area (Å²) in [7, 11) is 0. The molecule has 4 aromatic carbocycles. The van der Waals surface area contributed by atoms with Crippen LogP contribution in [0.1, 0.15) is 26.3 Å². The fourth-order valence-corrected chi connectivity index (χ4v) is 6.61. The minimum Gasteiger partial charge on any atom is -0.518 e. The summed E-state index contributed by atoms with van der Waals surface area (Å²) in [5, 5.41) is 2.19. The van der Waals surface area contributed by atoms with Crippen molar-refractivity contribution in [1.29, 1.82) is 0 Å². The van der Waals surface area contributed by atoms with Crippen LogP contribution in [-0.4, -0.2) is 21.2 Å². The standard InChI is InChI=1S/C38H26BN3O2.Pt/c1-38(2,3)24-16-18-40-29(20-24)23-14-15-32-27(19-23)39-28-22-31-26(21-35(28)44-34-12-8-11-33(43-32)37(34)39)25-9-4-5-10-30(25)42(31)36-13-6-7-17-41-36;/h4-18,20-21H,1-3H3;/q-2;+2. The first kappa shape index (κ1) is 27.9. The van der Waals surface area contributed by atoms with Crippen LogP contribution < -0.4 is 25.9 Å². The van der Waals surface area contributed by atoms with Crippen molar-refractivity contribution in [2.24, 2.45) is 0 Å². The molecule has 0 amide bonds. The minimum atomic E-state index is -0.181. The number of pyridine rings is 2. The summed E-state index contributed by atoms with van der Waals surface area (Å²) in [5.74, 6) is 3.99. The van der Waals surface area contributed by atoms with E-state index >= 15 is 0 Å². The Balaban J connectivity index is 0.00000300. The molecule has 0 spiro atoms. The molecule has 2 aliphatic rings. The molecule has 0 atom stereocenters. The number of hydrogen-bond donors (Lipinski definition) is 0. The van der Waals surface area contributed by atoms with Gasteiger partial charge in [-0.3, -0.25) is 0 Å². The Morgan fingerprint density at radius 2 is 1.47 bits per heavy atom. The molecule has 7 aromatic rings. The first-order chi connectivity index (χ1) is 21.4. The zero-order valence-corrected chi connectivity index (χ0v) is 27.1. The Kier molecular flexibility index (Phi) is 6.30. The Hall–Kier alpha value is -4.67. The largest absolute Gasteiger partial charge is 2.00 e. The predicted molar refractivity (Wildman–Crippen MR) is 176 cm³/mol. The molecule has 5 nitrogen and oxygen atoms in total. The van der Waals surface area contributed by atoms with E-state index in [0.29, 0.717) is 0 Å². The number of para-hydroxylation sites is 1. The van der Waals surface area contributed by atoms with Crippen LogP contribution in [0.4, 0.5) is 0 Å². The summed E-state index contributed by atoms with van der Waals surface area (Å²) in [6, 6.07) is 38.5. The number of hydrogen-bond acceptors (Lipinski definition) is 4. The number of fused-ring (bicyclic) bond motifs is 7. The number of aromatic nitrogens is 3. The molecule has 5 heterocycles. The third-order valence-corrected chi connectivity index (χ3v) is 8.76. The van der Waals surface area contributed by atoms with Crippen molar-refractivity contribution in [3.05, 3.63) is 121 Å². The van der Waals surface area contributed by atoms with E-state index in [-0.39, 0.29) is 33.2 Å². The molecule has 0 bridgehead atoms. The Morgan fingerprint density at radius 3 is 2.27 bits per heavy atom. The maximum atomic E-state index is 6.62. The van der Waals surface area contributed by atoms with E-state index in [9.17, 15) is 0 Å². The minimum absolute atomic E-state index is 0. The first-order valence-electron chi connectivity index (χ1n) is 14.9. The van der Waals surface area contributed by atoms with E-state index in [1.54, 1.807) is 0 Å². The van der Waals surface area contributed by atoms with Gasteiger partial charge in [0.15, 0.2) is 0 Å². The normalized spacial score (nSPS) is 12.9. The number of benzene rings is 4. The molecule has 9 rings (SSSR count). The fourth-order valence-electron chi connectivity index (χ4n) is 6.61. The number of rotatable bonds is 2. The van der Waals surface area contributed by atoms with Gasteiger partial charge in [-0.2, -0.15) is 6.07 Å². The Bertz CT molecular complexity index is 2290. The molecule has 3 aromatic heterocycles. The average molecular weight is 763 g/mol. The van der Waals surface area contributed by atoms with Crippen LogP contribution in [-0.2, 0) is 26.5 Å². The summed E-state index contributed by atoms with van der Waals surface area (Å²) < 4.78 is 15.3. The van der Waals surface area contributed by atoms with Crippen LogP contribution in [0.25, 0.3) is 38.9 Å². The van der Waals surface area contributed by atoms with Crippen LogP contribution in [0, 0.1) is 12.1 Å². The van der Waals surface area contributed by atoms with Crippen molar-refractivity contribution >= 4 is 44.9 Å². The SMILES string of the molecule is CC(C)(C)c1ccnc(-c2[c-]c3c(cc2)Oc2cccc4c2B3c2[c-]c3c(cc2O4)c2ccccc2n3-c2ccccn2)c1.[Pt+2]. The van der Waals surface area contributed by atoms with E-state index < -0.39 is 0 Å². The first-order valence-corrected chi connectivity index (χ1v) is 14.9. The topological polar surface area (TPSA) is 49.2 Å². The van der Waals surface area contributed by atoms with Gasteiger partial charge in [0.1, 0.15) is 17.3 Å². The molecule has 45 heavy (non-hydrogen) atoms. The summed E-state index contributed by atoms with van der Waals surface area (Å²) >= 11 is 0. The molecule has 2 aliphatic heterocycles. The maximum absolute atomic E-state index is 6.62. The van der Waals surface area contributed by atoms with Crippen molar-refractivity contribution in [2.45, 2.75) is 26.2 Å². The van der Waals surface area contributed by atoms with Gasteiger partial charge < -0.3 is 19.0 Å². The molecule has 7 heteroatoms. The molecule has 0 aliphatic carbocycles. The monoisotopic (exact) mass is 762 g/mol. The second-order valence-corrected chi connectivity index (χ2v) is 12.5. The van der Waals surface area contributed by atoms with E-state index in [1.165, 1.54) is 5.56 Å². The second kappa shape index (κ2) is 10.2. The molecule has 0 N–H and O–H groups in total. The van der Waals surface area contributed by atoms with E-state index in [2.05, 4.69) is 86.0 Å². The third-order valence-electron chi connectivity index (χ3n) is 8.76. The smallest absolute Gasteiger partial charge is 0.518 e. The average Bonchev–Trinajstić information content (AvgIpc) is 3.37. The van der Waals surface area contributed by atoms with Gasteiger partial charge in [-0.25, -0.2) is 4.98 Å². The van der Waals surface area contributed by atoms with Crippen LogP contribution in [0.15, 0.2) is 103 Å². The van der Waals surface area contributed by atoms with Crippen molar-refractivity contribution in [3.8, 4) is 40.1 Å². The van der Waals surface area contributed by atoms with Gasteiger partial charge in [0, 0.05) is 34.9 Å². The van der Waals surface area contributed by atoms with Crippen molar-refractivity contribution in [2.75, 3.05) is 0 Å². The molecule has 0 fully saturated rings. The predicted octanol–water partition coefficient (Wildman–Crippen LogP) is 6.86. The molecular weight excluding hydrogens is 736 g/mol. The van der Waals surface area contributed by atoms with Crippen molar-refractivity contribution in [1.82, 2.24) is 14.5 Å². The molecule has 0 unspecified atom stereocenters. The summed E-state index contributed by atoms with van der Waals surface area (Å²) in [5.41, 5.74) is 7.98. The van der Waals surface area contributed by atoms with Gasteiger partial charge in [0.05, 0.1) is 0 Å². The number of nitrogens with zero attached hydrogens (tertiary/aromatic N) is 3. The van der Waals surface area contributed by atoms with Crippen molar-refractivity contribution < 1.29 is 30.5 Å². The van der Waals surface area contributed by atoms with Gasteiger partial charge in [0.25, 0.3) is 0 Å². The van der Waals surface area contributed by atoms with Crippen molar-refractivity contribution in [3.63, 3.8) is 0 Å². The third kappa shape index (κ3) is 4.27. The maximum Gasteiger partial charge on any atom is 2.00 e.